The summed E-state index contributed by atoms with van der Waals surface area (Å²) >= 11 is 0. The monoisotopic (exact) mass is 348 g/mol. The Hall–Kier alpha value is -3.41. The van der Waals surface area contributed by atoms with Crippen molar-refractivity contribution in [3.8, 4) is 5.75 Å². The first-order chi connectivity index (χ1) is 12.5. The zero-order chi connectivity index (χ0) is 18.5. The average molecular weight is 348 g/mol. The fourth-order valence-electron chi connectivity index (χ4n) is 2.56. The summed E-state index contributed by atoms with van der Waals surface area (Å²) in [6.45, 7) is 4.66. The van der Waals surface area contributed by atoms with E-state index in [2.05, 4.69) is 15.6 Å². The van der Waals surface area contributed by atoms with Crippen LogP contribution in [0.1, 0.15) is 32.9 Å². The van der Waals surface area contributed by atoms with Gasteiger partial charge in [-0.1, -0.05) is 12.1 Å². The van der Waals surface area contributed by atoms with Crippen LogP contribution in [0.3, 0.4) is 0 Å². The van der Waals surface area contributed by atoms with E-state index in [-0.39, 0.29) is 11.7 Å². The van der Waals surface area contributed by atoms with Gasteiger partial charge in [0.2, 0.25) is 0 Å². The summed E-state index contributed by atoms with van der Waals surface area (Å²) in [5.74, 6) is -0.0931. The number of amides is 1. The molecule has 6 heteroatoms. The van der Waals surface area contributed by atoms with Gasteiger partial charge in [0.1, 0.15) is 5.75 Å². The number of phenols is 1. The van der Waals surface area contributed by atoms with E-state index in [1.165, 1.54) is 6.21 Å². The molecule has 132 valence electrons. The van der Waals surface area contributed by atoms with Gasteiger partial charge < -0.3 is 5.11 Å². The lowest BCUT2D eigenvalue weighted by atomic mass is 10.1. The average Bonchev–Trinajstić information content (AvgIpc) is 2.94. The molecule has 3 rings (SSSR count). The molecule has 0 bridgehead atoms. The van der Waals surface area contributed by atoms with Crippen LogP contribution < -0.4 is 5.43 Å². The number of aryl methyl sites for hydroxylation is 2. The van der Waals surface area contributed by atoms with Crippen molar-refractivity contribution in [2.45, 2.75) is 20.4 Å². The molecule has 1 heterocycles. The third kappa shape index (κ3) is 4.36. The van der Waals surface area contributed by atoms with Crippen LogP contribution in [0.2, 0.25) is 0 Å². The van der Waals surface area contributed by atoms with Crippen molar-refractivity contribution in [3.63, 3.8) is 0 Å². The molecule has 1 aromatic heterocycles. The molecular weight excluding hydrogens is 328 g/mol. The molecule has 0 unspecified atom stereocenters. The molecular formula is C20H20N4O2. The Morgan fingerprint density at radius 3 is 2.46 bits per heavy atom. The van der Waals surface area contributed by atoms with Crippen molar-refractivity contribution in [2.24, 2.45) is 5.10 Å². The first kappa shape index (κ1) is 17.4. The highest BCUT2D eigenvalue weighted by Crippen LogP contribution is 2.10. The number of hydrazone groups is 1. The second-order valence-corrected chi connectivity index (χ2v) is 6.07. The number of rotatable bonds is 5. The molecule has 0 aliphatic carbocycles. The predicted molar refractivity (Wildman–Crippen MR) is 100 cm³/mol. The molecule has 0 saturated carbocycles. The lowest BCUT2D eigenvalue weighted by Crippen LogP contribution is -2.17. The minimum Gasteiger partial charge on any atom is -0.508 e. The maximum Gasteiger partial charge on any atom is 0.271 e. The second-order valence-electron chi connectivity index (χ2n) is 6.07. The second kappa shape index (κ2) is 7.65. The van der Waals surface area contributed by atoms with Gasteiger partial charge >= 0.3 is 0 Å². The molecule has 0 radical (unpaired) electrons. The number of aromatic hydroxyl groups is 1. The molecule has 0 aliphatic heterocycles. The van der Waals surface area contributed by atoms with Crippen molar-refractivity contribution in [3.05, 3.63) is 82.7 Å². The molecule has 0 spiro atoms. The third-order valence-electron chi connectivity index (χ3n) is 3.92. The Kier molecular flexibility index (Phi) is 5.12. The number of nitrogens with zero attached hydrogens (tertiary/aromatic N) is 3. The Morgan fingerprint density at radius 1 is 1.15 bits per heavy atom. The van der Waals surface area contributed by atoms with E-state index in [1.54, 1.807) is 36.4 Å². The Bertz CT molecular complexity index is 925. The SMILES string of the molecule is Cc1cc(C)n(Cc2ccc(C(=O)NN=Cc3ccc(O)cc3)cc2)n1. The normalized spacial score (nSPS) is 11.0. The fourth-order valence-corrected chi connectivity index (χ4v) is 2.56. The standard InChI is InChI=1S/C20H20N4O2/c1-14-11-15(2)24(23-14)13-17-3-7-18(8-4-17)20(26)22-21-12-16-5-9-19(25)10-6-16/h3-12,25H,13H2,1-2H3,(H,22,26). The molecule has 3 aromatic rings. The zero-order valence-electron chi connectivity index (χ0n) is 14.7. The van der Waals surface area contributed by atoms with Crippen molar-refractivity contribution in [2.75, 3.05) is 0 Å². The molecule has 0 atom stereocenters. The van der Waals surface area contributed by atoms with Gasteiger partial charge in [-0.2, -0.15) is 10.2 Å². The number of phenolic OH excluding ortho intramolecular Hbond substituents is 1. The largest absolute Gasteiger partial charge is 0.508 e. The minimum absolute atomic E-state index is 0.187. The van der Waals surface area contributed by atoms with E-state index in [4.69, 9.17) is 0 Å². The molecule has 2 aromatic carbocycles. The van der Waals surface area contributed by atoms with Crippen molar-refractivity contribution in [1.29, 1.82) is 0 Å². The number of hydrogen-bond acceptors (Lipinski definition) is 4. The first-order valence-electron chi connectivity index (χ1n) is 8.24. The smallest absolute Gasteiger partial charge is 0.271 e. The molecule has 26 heavy (non-hydrogen) atoms. The van der Waals surface area contributed by atoms with E-state index in [1.807, 2.05) is 36.7 Å². The van der Waals surface area contributed by atoms with Gasteiger partial charge in [-0.25, -0.2) is 5.43 Å². The summed E-state index contributed by atoms with van der Waals surface area (Å²) < 4.78 is 1.94. The van der Waals surface area contributed by atoms with E-state index < -0.39 is 0 Å². The number of carbonyl (C=O) groups excluding carboxylic acids is 1. The van der Waals surface area contributed by atoms with Gasteiger partial charge in [0.25, 0.3) is 5.91 Å². The van der Waals surface area contributed by atoms with Gasteiger partial charge in [0.15, 0.2) is 0 Å². The molecule has 0 aliphatic rings. The highest BCUT2D eigenvalue weighted by molar-refractivity contribution is 5.94. The minimum atomic E-state index is -0.280. The molecule has 1 amide bonds. The van der Waals surface area contributed by atoms with Gasteiger partial charge in [-0.15, -0.1) is 0 Å². The van der Waals surface area contributed by atoms with Crippen molar-refractivity contribution >= 4 is 12.1 Å². The lowest BCUT2D eigenvalue weighted by molar-refractivity contribution is 0.0955. The first-order valence-corrected chi connectivity index (χ1v) is 8.24. The van der Waals surface area contributed by atoms with Crippen molar-refractivity contribution < 1.29 is 9.90 Å². The Labute approximate surface area is 151 Å². The highest BCUT2D eigenvalue weighted by Gasteiger charge is 2.06. The summed E-state index contributed by atoms with van der Waals surface area (Å²) in [5, 5.41) is 17.6. The van der Waals surface area contributed by atoms with Crippen LogP contribution in [0.25, 0.3) is 0 Å². The van der Waals surface area contributed by atoms with Crippen LogP contribution in [0, 0.1) is 13.8 Å². The van der Waals surface area contributed by atoms with Crippen LogP contribution in [0.5, 0.6) is 5.75 Å². The van der Waals surface area contributed by atoms with E-state index in [0.717, 1.165) is 22.5 Å². The summed E-state index contributed by atoms with van der Waals surface area (Å²) in [7, 11) is 0. The molecule has 0 fully saturated rings. The Balaban J connectivity index is 1.59. The summed E-state index contributed by atoms with van der Waals surface area (Å²) in [4.78, 5) is 12.1. The summed E-state index contributed by atoms with van der Waals surface area (Å²) in [6, 6.07) is 15.9. The van der Waals surface area contributed by atoms with Gasteiger partial charge in [0.05, 0.1) is 18.5 Å². The van der Waals surface area contributed by atoms with Gasteiger partial charge in [0, 0.05) is 11.3 Å². The maximum atomic E-state index is 12.1. The van der Waals surface area contributed by atoms with Gasteiger partial charge in [-0.05, 0) is 67.4 Å². The molecule has 6 nitrogen and oxygen atoms in total. The van der Waals surface area contributed by atoms with Crippen LogP contribution in [0.15, 0.2) is 59.7 Å². The van der Waals surface area contributed by atoms with Crippen LogP contribution in [0.4, 0.5) is 0 Å². The third-order valence-corrected chi connectivity index (χ3v) is 3.92. The topological polar surface area (TPSA) is 79.5 Å². The summed E-state index contributed by atoms with van der Waals surface area (Å²) in [5.41, 5.74) is 6.97. The van der Waals surface area contributed by atoms with E-state index in [9.17, 15) is 9.90 Å². The Morgan fingerprint density at radius 2 is 1.85 bits per heavy atom. The van der Waals surface area contributed by atoms with Crippen LogP contribution in [-0.2, 0) is 6.54 Å². The highest BCUT2D eigenvalue weighted by atomic mass is 16.3. The number of hydrogen-bond donors (Lipinski definition) is 2. The van der Waals surface area contributed by atoms with Crippen LogP contribution in [-0.4, -0.2) is 27.0 Å². The quantitative estimate of drug-likeness (QED) is 0.549. The van der Waals surface area contributed by atoms with Crippen LogP contribution >= 0.6 is 0 Å². The number of aromatic nitrogens is 2. The molecule has 2 N–H and O–H groups in total. The predicted octanol–water partition coefficient (Wildman–Crippen LogP) is 3.02. The van der Waals surface area contributed by atoms with E-state index >= 15 is 0 Å². The maximum absolute atomic E-state index is 12.1. The zero-order valence-corrected chi connectivity index (χ0v) is 14.7. The van der Waals surface area contributed by atoms with E-state index in [0.29, 0.717) is 12.1 Å². The fraction of sp³-hybridized carbons (Fsp3) is 0.150. The van der Waals surface area contributed by atoms with Crippen molar-refractivity contribution in [1.82, 2.24) is 15.2 Å². The summed E-state index contributed by atoms with van der Waals surface area (Å²) in [6.07, 6.45) is 1.52. The van der Waals surface area contributed by atoms with Gasteiger partial charge in [-0.3, -0.25) is 9.48 Å². The number of benzene rings is 2. The lowest BCUT2D eigenvalue weighted by Gasteiger charge is -2.06. The molecule has 0 saturated heterocycles. The number of carbonyl (C=O) groups is 1. The number of nitrogens with one attached hydrogen (secondary N) is 1.